The molecule has 0 spiro atoms. The maximum Gasteiger partial charge on any atom is 0.262 e. The first-order valence-corrected chi connectivity index (χ1v) is 11.8. The number of carbonyl (C=O) groups is 1. The fourth-order valence-electron chi connectivity index (χ4n) is 3.58. The Morgan fingerprint density at radius 2 is 2.18 bits per heavy atom. The standard InChI is InChI=1S/C24H25ClN4O3S/c1-15(17-7-6-16(11-18(17)25)13-27-8-4-10-30)32-20-12-21(33-23(20)24(26)31)19-14-28-22-5-2-3-9-29(19)22/h2-3,5-7,9,11-12,14-15,27,30H,4,8,10,13H2,1H3,(H2,26,31)/t15-/m1/s1. The number of amides is 1. The van der Waals surface area contributed by atoms with Crippen LogP contribution < -0.4 is 15.8 Å². The molecule has 0 saturated carbocycles. The first-order valence-electron chi connectivity index (χ1n) is 10.6. The lowest BCUT2D eigenvalue weighted by Gasteiger charge is -2.17. The highest BCUT2D eigenvalue weighted by Crippen LogP contribution is 2.39. The van der Waals surface area contributed by atoms with Gasteiger partial charge in [0.2, 0.25) is 0 Å². The van der Waals surface area contributed by atoms with Gasteiger partial charge in [0.15, 0.2) is 0 Å². The van der Waals surface area contributed by atoms with E-state index in [1.54, 1.807) is 6.20 Å². The summed E-state index contributed by atoms with van der Waals surface area (Å²) in [5.41, 5.74) is 9.17. The fourth-order valence-corrected chi connectivity index (χ4v) is 4.88. The molecule has 0 aliphatic rings. The molecule has 1 atom stereocenters. The van der Waals surface area contributed by atoms with Crippen LogP contribution >= 0.6 is 22.9 Å². The van der Waals surface area contributed by atoms with Crippen LogP contribution in [0.4, 0.5) is 0 Å². The zero-order valence-corrected chi connectivity index (χ0v) is 19.7. The number of thiophene rings is 1. The van der Waals surface area contributed by atoms with Crippen LogP contribution in [-0.4, -0.2) is 33.6 Å². The van der Waals surface area contributed by atoms with Crippen molar-refractivity contribution in [3.63, 3.8) is 0 Å². The van der Waals surface area contributed by atoms with Crippen LogP contribution in [0.3, 0.4) is 0 Å². The number of pyridine rings is 1. The average Bonchev–Trinajstić information content (AvgIpc) is 3.41. The Labute approximate surface area is 200 Å². The van der Waals surface area contributed by atoms with Crippen molar-refractivity contribution in [3.8, 4) is 16.3 Å². The molecular formula is C24H25ClN4O3S. The van der Waals surface area contributed by atoms with Crippen LogP contribution in [0.5, 0.6) is 5.75 Å². The molecule has 1 amide bonds. The zero-order valence-electron chi connectivity index (χ0n) is 18.1. The van der Waals surface area contributed by atoms with E-state index in [1.807, 2.05) is 60.0 Å². The molecule has 4 rings (SSSR count). The average molecular weight is 485 g/mol. The molecule has 0 saturated heterocycles. The molecule has 3 heterocycles. The van der Waals surface area contributed by atoms with E-state index in [2.05, 4.69) is 10.3 Å². The number of nitrogens with zero attached hydrogens (tertiary/aromatic N) is 2. The van der Waals surface area contributed by atoms with Crippen molar-refractivity contribution in [2.75, 3.05) is 13.2 Å². The SMILES string of the molecule is C[C@@H](Oc1cc(-c2cnc3ccccn23)sc1C(N)=O)c1ccc(CNCCCO)cc1Cl. The lowest BCUT2D eigenvalue weighted by molar-refractivity contribution is 0.0998. The van der Waals surface area contributed by atoms with E-state index < -0.39 is 12.0 Å². The Balaban J connectivity index is 1.55. The second-order valence-corrected chi connectivity index (χ2v) is 9.07. The quantitative estimate of drug-likeness (QED) is 0.289. The van der Waals surface area contributed by atoms with Gasteiger partial charge >= 0.3 is 0 Å². The number of carbonyl (C=O) groups excluding carboxylic acids is 1. The minimum Gasteiger partial charge on any atom is -0.484 e. The summed E-state index contributed by atoms with van der Waals surface area (Å²) >= 11 is 7.81. The number of primary amides is 1. The van der Waals surface area contributed by atoms with Crippen LogP contribution in [-0.2, 0) is 6.54 Å². The Bertz CT molecular complexity index is 1270. The number of hydrogen-bond donors (Lipinski definition) is 3. The molecule has 1 aromatic carbocycles. The minimum absolute atomic E-state index is 0.163. The smallest absolute Gasteiger partial charge is 0.262 e. The Kier molecular flexibility index (Phi) is 7.29. The number of imidazole rings is 1. The largest absolute Gasteiger partial charge is 0.484 e. The molecular weight excluding hydrogens is 460 g/mol. The number of ether oxygens (including phenoxy) is 1. The molecule has 4 aromatic rings. The summed E-state index contributed by atoms with van der Waals surface area (Å²) in [6, 6.07) is 13.4. The summed E-state index contributed by atoms with van der Waals surface area (Å²) in [5.74, 6) is -0.121. The number of nitrogens with one attached hydrogen (secondary N) is 1. The summed E-state index contributed by atoms with van der Waals surface area (Å²) in [7, 11) is 0. The lowest BCUT2D eigenvalue weighted by atomic mass is 10.1. The number of rotatable bonds is 10. The number of fused-ring (bicyclic) bond motifs is 1. The van der Waals surface area contributed by atoms with Crippen molar-refractivity contribution < 1.29 is 14.6 Å². The fraction of sp³-hybridized carbons (Fsp3) is 0.250. The monoisotopic (exact) mass is 484 g/mol. The molecule has 4 N–H and O–H groups in total. The van der Waals surface area contributed by atoms with Gasteiger partial charge in [-0.2, -0.15) is 0 Å². The van der Waals surface area contributed by atoms with E-state index in [1.165, 1.54) is 11.3 Å². The van der Waals surface area contributed by atoms with Crippen LogP contribution in [0, 0.1) is 0 Å². The third kappa shape index (κ3) is 5.20. The molecule has 0 aliphatic heterocycles. The first kappa shape index (κ1) is 23.3. The Morgan fingerprint density at radius 3 is 2.94 bits per heavy atom. The summed E-state index contributed by atoms with van der Waals surface area (Å²) in [4.78, 5) is 17.7. The summed E-state index contributed by atoms with van der Waals surface area (Å²) in [6.07, 6.45) is 4.00. The molecule has 0 radical (unpaired) electrons. The second kappa shape index (κ2) is 10.4. The van der Waals surface area contributed by atoms with Crippen molar-refractivity contribution in [3.05, 3.63) is 75.9 Å². The van der Waals surface area contributed by atoms with E-state index in [0.29, 0.717) is 28.6 Å². The molecule has 7 nitrogen and oxygen atoms in total. The highest BCUT2D eigenvalue weighted by atomic mass is 35.5. The highest BCUT2D eigenvalue weighted by Gasteiger charge is 2.21. The van der Waals surface area contributed by atoms with E-state index in [4.69, 9.17) is 27.2 Å². The zero-order chi connectivity index (χ0) is 23.4. The predicted octanol–water partition coefficient (Wildman–Crippen LogP) is 4.43. The maximum atomic E-state index is 12.1. The summed E-state index contributed by atoms with van der Waals surface area (Å²) in [5, 5.41) is 12.7. The van der Waals surface area contributed by atoms with Gasteiger partial charge in [0.1, 0.15) is 22.4 Å². The molecule has 9 heteroatoms. The van der Waals surface area contributed by atoms with Gasteiger partial charge in [-0.25, -0.2) is 4.98 Å². The number of aromatic nitrogens is 2. The predicted molar refractivity (Wildman–Crippen MR) is 131 cm³/mol. The number of nitrogens with two attached hydrogens (primary N) is 1. The number of aliphatic hydroxyl groups excluding tert-OH is 1. The molecule has 0 bridgehead atoms. The van der Waals surface area contributed by atoms with Gasteiger partial charge in [0.05, 0.1) is 16.8 Å². The minimum atomic E-state index is -0.544. The summed E-state index contributed by atoms with van der Waals surface area (Å²) in [6.45, 7) is 3.44. The topological polar surface area (TPSA) is 102 Å². The number of aliphatic hydroxyl groups is 1. The first-order chi connectivity index (χ1) is 16.0. The lowest BCUT2D eigenvalue weighted by Crippen LogP contribution is -2.16. The van der Waals surface area contributed by atoms with Gasteiger partial charge in [0.25, 0.3) is 5.91 Å². The number of halogens is 1. The van der Waals surface area contributed by atoms with Crippen molar-refractivity contribution in [2.45, 2.75) is 26.0 Å². The van der Waals surface area contributed by atoms with Crippen LogP contribution in [0.2, 0.25) is 5.02 Å². The van der Waals surface area contributed by atoms with E-state index in [0.717, 1.165) is 33.9 Å². The third-order valence-electron chi connectivity index (χ3n) is 5.24. The van der Waals surface area contributed by atoms with Crippen molar-refractivity contribution in [1.82, 2.24) is 14.7 Å². The maximum absolute atomic E-state index is 12.1. The molecule has 0 unspecified atom stereocenters. The Morgan fingerprint density at radius 1 is 1.33 bits per heavy atom. The van der Waals surface area contributed by atoms with E-state index >= 15 is 0 Å². The highest BCUT2D eigenvalue weighted by molar-refractivity contribution is 7.17. The molecule has 172 valence electrons. The Hall–Kier alpha value is -2.91. The van der Waals surface area contributed by atoms with Gasteiger partial charge < -0.3 is 20.9 Å². The van der Waals surface area contributed by atoms with Crippen LogP contribution in [0.1, 0.15) is 40.2 Å². The van der Waals surface area contributed by atoms with Gasteiger partial charge in [-0.3, -0.25) is 9.20 Å². The van der Waals surface area contributed by atoms with Gasteiger partial charge in [0, 0.05) is 36.0 Å². The second-order valence-electron chi connectivity index (χ2n) is 7.61. The molecule has 0 fully saturated rings. The van der Waals surface area contributed by atoms with Gasteiger partial charge in [-0.1, -0.05) is 29.8 Å². The molecule has 3 aromatic heterocycles. The normalized spacial score (nSPS) is 12.2. The number of benzene rings is 1. The van der Waals surface area contributed by atoms with Crippen LogP contribution in [0.15, 0.2) is 54.9 Å². The summed E-state index contributed by atoms with van der Waals surface area (Å²) < 4.78 is 8.12. The van der Waals surface area contributed by atoms with Crippen molar-refractivity contribution in [2.24, 2.45) is 5.73 Å². The van der Waals surface area contributed by atoms with Gasteiger partial charge in [-0.15, -0.1) is 11.3 Å². The van der Waals surface area contributed by atoms with Gasteiger partial charge in [-0.05, 0) is 43.7 Å². The molecule has 0 aliphatic carbocycles. The van der Waals surface area contributed by atoms with Crippen molar-refractivity contribution >= 4 is 34.5 Å². The van der Waals surface area contributed by atoms with E-state index in [9.17, 15) is 4.79 Å². The third-order valence-corrected chi connectivity index (χ3v) is 6.72. The van der Waals surface area contributed by atoms with Crippen molar-refractivity contribution in [1.29, 1.82) is 0 Å². The number of hydrogen-bond acceptors (Lipinski definition) is 6. The van der Waals surface area contributed by atoms with Crippen LogP contribution in [0.25, 0.3) is 16.2 Å². The van der Waals surface area contributed by atoms with E-state index in [-0.39, 0.29) is 6.61 Å². The molecule has 33 heavy (non-hydrogen) atoms.